The molecular formula is C19H23BrN2O2. The zero-order chi connectivity index (χ0) is 17.7. The van der Waals surface area contributed by atoms with Crippen molar-refractivity contribution < 1.29 is 9.53 Å². The minimum absolute atomic E-state index is 0.0636. The molecule has 0 saturated heterocycles. The number of carbonyl (C=O) groups is 1. The number of hydrazone groups is 1. The molecule has 0 fully saturated rings. The molecule has 0 bridgehead atoms. The maximum Gasteiger partial charge on any atom is 0.277 e. The summed E-state index contributed by atoms with van der Waals surface area (Å²) in [5, 5.41) is 4.27. The summed E-state index contributed by atoms with van der Waals surface area (Å²) in [7, 11) is 0. The molecule has 0 radical (unpaired) electrons. The van der Waals surface area contributed by atoms with E-state index in [1.807, 2.05) is 39.0 Å². The van der Waals surface area contributed by atoms with E-state index >= 15 is 0 Å². The molecule has 24 heavy (non-hydrogen) atoms. The SMILES string of the molecule is C=C(C)[C@@H]1CC=C(C)C(=NNC(=O)COc2ccc(Br)cc2C)C1. The van der Waals surface area contributed by atoms with Crippen LogP contribution < -0.4 is 10.2 Å². The Balaban J connectivity index is 1.91. The number of ether oxygens (including phenoxy) is 1. The zero-order valence-corrected chi connectivity index (χ0v) is 15.9. The highest BCUT2D eigenvalue weighted by molar-refractivity contribution is 9.10. The Morgan fingerprint density at radius 2 is 2.21 bits per heavy atom. The molecule has 0 aliphatic heterocycles. The van der Waals surface area contributed by atoms with Crippen LogP contribution in [0.1, 0.15) is 32.3 Å². The third kappa shape index (κ3) is 5.06. The molecule has 0 unspecified atom stereocenters. The van der Waals surface area contributed by atoms with E-state index in [0.717, 1.165) is 39.7 Å². The number of amides is 1. The quantitative estimate of drug-likeness (QED) is 0.592. The van der Waals surface area contributed by atoms with Gasteiger partial charge in [0.15, 0.2) is 6.61 Å². The van der Waals surface area contributed by atoms with Crippen molar-refractivity contribution in [2.24, 2.45) is 11.0 Å². The van der Waals surface area contributed by atoms with Crippen molar-refractivity contribution in [2.45, 2.75) is 33.6 Å². The minimum atomic E-state index is -0.268. The fraction of sp³-hybridized carbons (Fsp3) is 0.368. The average molecular weight is 391 g/mol. The number of hydrogen-bond acceptors (Lipinski definition) is 3. The van der Waals surface area contributed by atoms with E-state index in [9.17, 15) is 4.79 Å². The van der Waals surface area contributed by atoms with Gasteiger partial charge in [0.05, 0.1) is 5.71 Å². The van der Waals surface area contributed by atoms with Gasteiger partial charge in [-0.15, -0.1) is 0 Å². The summed E-state index contributed by atoms with van der Waals surface area (Å²) in [5.74, 6) is 0.818. The first-order valence-electron chi connectivity index (χ1n) is 7.93. The summed E-state index contributed by atoms with van der Waals surface area (Å²) in [5.41, 5.74) is 6.72. The van der Waals surface area contributed by atoms with Crippen molar-refractivity contribution in [1.82, 2.24) is 5.43 Å². The molecular weight excluding hydrogens is 368 g/mol. The molecule has 2 rings (SSSR count). The first-order chi connectivity index (χ1) is 11.4. The first-order valence-corrected chi connectivity index (χ1v) is 8.73. The van der Waals surface area contributed by atoms with E-state index in [0.29, 0.717) is 11.7 Å². The molecule has 1 aliphatic carbocycles. The van der Waals surface area contributed by atoms with Crippen LogP contribution in [0.4, 0.5) is 0 Å². The van der Waals surface area contributed by atoms with E-state index in [1.165, 1.54) is 0 Å². The molecule has 4 nitrogen and oxygen atoms in total. The predicted molar refractivity (Wildman–Crippen MR) is 101 cm³/mol. The highest BCUT2D eigenvalue weighted by atomic mass is 79.9. The number of nitrogens with zero attached hydrogens (tertiary/aromatic N) is 1. The van der Waals surface area contributed by atoms with Gasteiger partial charge in [-0.3, -0.25) is 4.79 Å². The molecule has 1 aliphatic rings. The fourth-order valence-electron chi connectivity index (χ4n) is 2.50. The molecule has 1 aromatic carbocycles. The van der Waals surface area contributed by atoms with Gasteiger partial charge in [0.25, 0.3) is 5.91 Å². The van der Waals surface area contributed by atoms with Gasteiger partial charge in [-0.25, -0.2) is 5.43 Å². The summed E-state index contributed by atoms with van der Waals surface area (Å²) in [4.78, 5) is 12.0. The standard InChI is InChI=1S/C19H23BrN2O2/c1-12(2)15-6-5-13(3)17(10-15)21-22-19(23)11-24-18-8-7-16(20)9-14(18)4/h5,7-9,15H,1,6,10-11H2,2-4H3,(H,22,23)/t15-/m1/s1. The lowest BCUT2D eigenvalue weighted by molar-refractivity contribution is -0.123. The molecule has 5 heteroatoms. The van der Waals surface area contributed by atoms with Crippen LogP contribution >= 0.6 is 15.9 Å². The zero-order valence-electron chi connectivity index (χ0n) is 14.4. The number of carbonyl (C=O) groups excluding carboxylic acids is 1. The number of nitrogens with one attached hydrogen (secondary N) is 1. The van der Waals surface area contributed by atoms with Gasteiger partial charge in [0.1, 0.15) is 5.75 Å². The summed E-state index contributed by atoms with van der Waals surface area (Å²) >= 11 is 3.40. The van der Waals surface area contributed by atoms with Crippen LogP contribution in [-0.4, -0.2) is 18.2 Å². The maximum absolute atomic E-state index is 12.0. The molecule has 0 spiro atoms. The van der Waals surface area contributed by atoms with E-state index in [2.05, 4.69) is 39.1 Å². The van der Waals surface area contributed by atoms with E-state index in [-0.39, 0.29) is 12.5 Å². The van der Waals surface area contributed by atoms with Gasteiger partial charge in [0, 0.05) is 4.47 Å². The van der Waals surface area contributed by atoms with Gasteiger partial charge in [-0.1, -0.05) is 34.2 Å². The van der Waals surface area contributed by atoms with E-state index in [1.54, 1.807) is 0 Å². The second-order valence-electron chi connectivity index (χ2n) is 6.16. The van der Waals surface area contributed by atoms with Crippen molar-refractivity contribution in [1.29, 1.82) is 0 Å². The van der Waals surface area contributed by atoms with E-state index in [4.69, 9.17) is 4.74 Å². The molecule has 0 aromatic heterocycles. The van der Waals surface area contributed by atoms with Gasteiger partial charge in [0.2, 0.25) is 0 Å². The Hall–Kier alpha value is -1.88. The highest BCUT2D eigenvalue weighted by Gasteiger charge is 2.18. The average Bonchev–Trinajstić information content (AvgIpc) is 2.53. The van der Waals surface area contributed by atoms with Gasteiger partial charge < -0.3 is 4.74 Å². The highest BCUT2D eigenvalue weighted by Crippen LogP contribution is 2.26. The summed E-state index contributed by atoms with van der Waals surface area (Å²) in [6.07, 6.45) is 3.94. The normalized spacial score (nSPS) is 18.9. The number of allylic oxidation sites excluding steroid dienone is 3. The molecule has 1 N–H and O–H groups in total. The summed E-state index contributed by atoms with van der Waals surface area (Å²) < 4.78 is 6.53. The number of benzene rings is 1. The molecule has 1 amide bonds. The lowest BCUT2D eigenvalue weighted by Crippen LogP contribution is -2.27. The van der Waals surface area contributed by atoms with Crippen LogP contribution in [0.25, 0.3) is 0 Å². The lowest BCUT2D eigenvalue weighted by Gasteiger charge is -2.22. The molecule has 0 saturated carbocycles. The Morgan fingerprint density at radius 1 is 1.46 bits per heavy atom. The van der Waals surface area contributed by atoms with Crippen molar-refractivity contribution >= 4 is 27.5 Å². The maximum atomic E-state index is 12.0. The Morgan fingerprint density at radius 3 is 2.88 bits per heavy atom. The first kappa shape index (κ1) is 18.5. The monoisotopic (exact) mass is 390 g/mol. The number of rotatable bonds is 5. The van der Waals surface area contributed by atoms with Crippen molar-refractivity contribution in [3.05, 3.63) is 52.0 Å². The Bertz CT molecular complexity index is 707. The van der Waals surface area contributed by atoms with Crippen molar-refractivity contribution in [3.63, 3.8) is 0 Å². The molecule has 1 aromatic rings. The predicted octanol–water partition coefficient (Wildman–Crippen LogP) is 4.54. The van der Waals surface area contributed by atoms with Crippen LogP contribution in [0.15, 0.2) is 51.6 Å². The number of hydrogen-bond donors (Lipinski definition) is 1. The molecule has 1 atom stereocenters. The number of halogens is 1. The topological polar surface area (TPSA) is 50.7 Å². The summed E-state index contributed by atoms with van der Waals surface area (Å²) in [6.45, 7) is 9.94. The van der Waals surface area contributed by atoms with Gasteiger partial charge >= 0.3 is 0 Å². The minimum Gasteiger partial charge on any atom is -0.483 e. The van der Waals surface area contributed by atoms with Crippen molar-refractivity contribution in [3.8, 4) is 5.75 Å². The largest absolute Gasteiger partial charge is 0.483 e. The van der Waals surface area contributed by atoms with E-state index < -0.39 is 0 Å². The smallest absolute Gasteiger partial charge is 0.277 e. The second-order valence-corrected chi connectivity index (χ2v) is 7.08. The van der Waals surface area contributed by atoms with Gasteiger partial charge in [-0.2, -0.15) is 5.10 Å². The van der Waals surface area contributed by atoms with Crippen molar-refractivity contribution in [2.75, 3.05) is 6.61 Å². The third-order valence-corrected chi connectivity index (χ3v) is 4.60. The van der Waals surface area contributed by atoms with Crippen LogP contribution in [0.3, 0.4) is 0 Å². The van der Waals surface area contributed by atoms with Crippen LogP contribution in [0, 0.1) is 12.8 Å². The fourth-order valence-corrected chi connectivity index (χ4v) is 2.98. The Kier molecular flexibility index (Phi) is 6.37. The Labute approximate surface area is 151 Å². The molecule has 0 heterocycles. The second kappa shape index (κ2) is 8.29. The number of aryl methyl sites for hydroxylation is 1. The summed E-state index contributed by atoms with van der Waals surface area (Å²) in [6, 6.07) is 5.67. The molecule has 128 valence electrons. The third-order valence-electron chi connectivity index (χ3n) is 4.11. The van der Waals surface area contributed by atoms with Crippen LogP contribution in [-0.2, 0) is 4.79 Å². The lowest BCUT2D eigenvalue weighted by atomic mass is 9.85. The van der Waals surface area contributed by atoms with Gasteiger partial charge in [-0.05, 0) is 68.9 Å². The van der Waals surface area contributed by atoms with Crippen LogP contribution in [0.5, 0.6) is 5.75 Å². The van der Waals surface area contributed by atoms with Crippen LogP contribution in [0.2, 0.25) is 0 Å².